The molecular formula is C26H29N5O2. The highest BCUT2D eigenvalue weighted by Gasteiger charge is 2.30. The van der Waals surface area contributed by atoms with Crippen LogP contribution in [0.1, 0.15) is 40.4 Å². The van der Waals surface area contributed by atoms with Crippen molar-refractivity contribution < 1.29 is 9.59 Å². The summed E-state index contributed by atoms with van der Waals surface area (Å²) in [5.74, 6) is 0.411. The number of aryl methyl sites for hydroxylation is 1. The largest absolute Gasteiger partial charge is 0.366 e. The molecule has 2 heterocycles. The second kappa shape index (κ2) is 9.81. The lowest BCUT2D eigenvalue weighted by molar-refractivity contribution is -0.130. The normalized spacial score (nSPS) is 15.5. The molecule has 0 radical (unpaired) electrons. The standard InChI is InChI=1S/C26H29N5O2/c1-30(2)26-28-16-22(19-9-6-10-20(15-19)25(27)33)24(29-26)21-13-14-31(17-21)23(32)12-11-18-7-4-3-5-8-18/h3-10,15-16,21H,11-14,17H2,1-2H3,(H2,27,33). The van der Waals surface area contributed by atoms with Gasteiger partial charge in [0.15, 0.2) is 0 Å². The van der Waals surface area contributed by atoms with Crippen molar-refractivity contribution in [3.63, 3.8) is 0 Å². The summed E-state index contributed by atoms with van der Waals surface area (Å²) in [6.45, 7) is 1.33. The third-order valence-corrected chi connectivity index (χ3v) is 6.06. The Bertz CT molecular complexity index is 1150. The summed E-state index contributed by atoms with van der Waals surface area (Å²) < 4.78 is 0. The molecule has 33 heavy (non-hydrogen) atoms. The summed E-state index contributed by atoms with van der Waals surface area (Å²) in [5.41, 5.74) is 9.71. The van der Waals surface area contributed by atoms with E-state index in [4.69, 9.17) is 10.7 Å². The summed E-state index contributed by atoms with van der Waals surface area (Å²) in [4.78, 5) is 37.7. The Morgan fingerprint density at radius 3 is 2.64 bits per heavy atom. The van der Waals surface area contributed by atoms with Crippen LogP contribution in [0.5, 0.6) is 0 Å². The molecule has 1 saturated heterocycles. The van der Waals surface area contributed by atoms with Gasteiger partial charge in [-0.2, -0.15) is 0 Å². The molecule has 170 valence electrons. The molecular weight excluding hydrogens is 414 g/mol. The van der Waals surface area contributed by atoms with Gasteiger partial charge in [0.25, 0.3) is 0 Å². The van der Waals surface area contributed by atoms with Crippen LogP contribution in [0.25, 0.3) is 11.1 Å². The molecule has 0 aliphatic carbocycles. The molecule has 2 amide bonds. The van der Waals surface area contributed by atoms with Crippen LogP contribution < -0.4 is 10.6 Å². The fourth-order valence-electron chi connectivity index (χ4n) is 4.24. The van der Waals surface area contributed by atoms with E-state index >= 15 is 0 Å². The molecule has 1 fully saturated rings. The second-order valence-electron chi connectivity index (χ2n) is 8.62. The number of carbonyl (C=O) groups is 2. The molecule has 1 unspecified atom stereocenters. The van der Waals surface area contributed by atoms with Crippen molar-refractivity contribution >= 4 is 17.8 Å². The van der Waals surface area contributed by atoms with Crippen LogP contribution in [0, 0.1) is 0 Å². The van der Waals surface area contributed by atoms with E-state index in [9.17, 15) is 9.59 Å². The highest BCUT2D eigenvalue weighted by Crippen LogP contribution is 2.34. The molecule has 1 atom stereocenters. The molecule has 4 rings (SSSR count). The maximum Gasteiger partial charge on any atom is 0.248 e. The summed E-state index contributed by atoms with van der Waals surface area (Å²) in [5, 5.41) is 0. The average Bonchev–Trinajstić information content (AvgIpc) is 3.33. The lowest BCUT2D eigenvalue weighted by atomic mass is 9.95. The zero-order valence-electron chi connectivity index (χ0n) is 19.1. The Morgan fingerprint density at radius 2 is 1.91 bits per heavy atom. The number of nitrogens with two attached hydrogens (primary N) is 1. The van der Waals surface area contributed by atoms with Gasteiger partial charge in [-0.05, 0) is 36.1 Å². The summed E-state index contributed by atoms with van der Waals surface area (Å²) in [6, 6.07) is 17.3. The molecule has 0 bridgehead atoms. The SMILES string of the molecule is CN(C)c1ncc(-c2cccc(C(N)=O)c2)c(C2CCN(C(=O)CCc3ccccc3)C2)n1. The first-order chi connectivity index (χ1) is 15.9. The second-order valence-corrected chi connectivity index (χ2v) is 8.62. The number of hydrogen-bond acceptors (Lipinski definition) is 5. The number of hydrogen-bond donors (Lipinski definition) is 1. The Morgan fingerprint density at radius 1 is 1.12 bits per heavy atom. The van der Waals surface area contributed by atoms with Gasteiger partial charge in [-0.3, -0.25) is 9.59 Å². The van der Waals surface area contributed by atoms with Gasteiger partial charge in [-0.25, -0.2) is 9.97 Å². The van der Waals surface area contributed by atoms with Crippen molar-refractivity contribution in [2.45, 2.75) is 25.2 Å². The molecule has 1 aromatic heterocycles. The fourth-order valence-corrected chi connectivity index (χ4v) is 4.24. The minimum Gasteiger partial charge on any atom is -0.366 e. The number of nitrogens with zero attached hydrogens (tertiary/aromatic N) is 4. The predicted octanol–water partition coefficient (Wildman–Crippen LogP) is 3.26. The fraction of sp³-hybridized carbons (Fsp3) is 0.308. The third kappa shape index (κ3) is 5.19. The molecule has 1 aliphatic heterocycles. The van der Waals surface area contributed by atoms with Crippen molar-refractivity contribution in [1.82, 2.24) is 14.9 Å². The first-order valence-corrected chi connectivity index (χ1v) is 11.2. The van der Waals surface area contributed by atoms with Gasteiger partial charge in [-0.15, -0.1) is 0 Å². The van der Waals surface area contributed by atoms with Gasteiger partial charge in [0.1, 0.15) is 0 Å². The van der Waals surface area contributed by atoms with E-state index in [2.05, 4.69) is 17.1 Å². The number of primary amides is 1. The van der Waals surface area contributed by atoms with Crippen LogP contribution in [0.15, 0.2) is 60.8 Å². The van der Waals surface area contributed by atoms with Crippen molar-refractivity contribution in [1.29, 1.82) is 0 Å². The molecule has 1 aliphatic rings. The van der Waals surface area contributed by atoms with Gasteiger partial charge in [0.2, 0.25) is 17.8 Å². The van der Waals surface area contributed by atoms with Crippen molar-refractivity contribution in [3.8, 4) is 11.1 Å². The highest BCUT2D eigenvalue weighted by molar-refractivity contribution is 5.94. The van der Waals surface area contributed by atoms with E-state index in [-0.39, 0.29) is 11.8 Å². The van der Waals surface area contributed by atoms with Gasteiger partial charge in [-0.1, -0.05) is 42.5 Å². The third-order valence-electron chi connectivity index (χ3n) is 6.06. The lowest BCUT2D eigenvalue weighted by Crippen LogP contribution is -2.28. The van der Waals surface area contributed by atoms with Gasteiger partial charge in [0, 0.05) is 56.8 Å². The van der Waals surface area contributed by atoms with Crippen molar-refractivity contribution in [2.24, 2.45) is 5.73 Å². The van der Waals surface area contributed by atoms with E-state index in [1.54, 1.807) is 18.3 Å². The molecule has 3 aromatic rings. The molecule has 0 saturated carbocycles. The maximum atomic E-state index is 12.9. The van der Waals surface area contributed by atoms with E-state index in [1.165, 1.54) is 5.56 Å². The summed E-state index contributed by atoms with van der Waals surface area (Å²) >= 11 is 0. The van der Waals surface area contributed by atoms with Gasteiger partial charge >= 0.3 is 0 Å². The monoisotopic (exact) mass is 443 g/mol. The Hall–Kier alpha value is -3.74. The van der Waals surface area contributed by atoms with E-state index in [0.717, 1.165) is 29.7 Å². The maximum absolute atomic E-state index is 12.9. The number of rotatable bonds is 7. The van der Waals surface area contributed by atoms with Crippen LogP contribution in [0.2, 0.25) is 0 Å². The van der Waals surface area contributed by atoms with Crippen molar-refractivity contribution in [3.05, 3.63) is 77.6 Å². The smallest absolute Gasteiger partial charge is 0.248 e. The van der Waals surface area contributed by atoms with E-state index in [0.29, 0.717) is 31.0 Å². The van der Waals surface area contributed by atoms with Crippen LogP contribution >= 0.6 is 0 Å². The molecule has 0 spiro atoms. The first kappa shape index (κ1) is 22.5. The van der Waals surface area contributed by atoms with E-state index < -0.39 is 5.91 Å². The molecule has 2 aromatic carbocycles. The number of anilines is 1. The predicted molar refractivity (Wildman–Crippen MR) is 129 cm³/mol. The summed E-state index contributed by atoms with van der Waals surface area (Å²) in [7, 11) is 3.81. The van der Waals surface area contributed by atoms with Crippen LogP contribution in [0.3, 0.4) is 0 Å². The van der Waals surface area contributed by atoms with Crippen molar-refractivity contribution in [2.75, 3.05) is 32.1 Å². The highest BCUT2D eigenvalue weighted by atomic mass is 16.2. The van der Waals surface area contributed by atoms with Gasteiger partial charge < -0.3 is 15.5 Å². The Balaban J connectivity index is 1.56. The Kier molecular flexibility index (Phi) is 6.68. The Labute approximate surface area is 194 Å². The molecule has 7 heteroatoms. The summed E-state index contributed by atoms with van der Waals surface area (Å²) in [6.07, 6.45) is 3.88. The quantitative estimate of drug-likeness (QED) is 0.605. The number of likely N-dealkylation sites (tertiary alicyclic amines) is 1. The van der Waals surface area contributed by atoms with Crippen LogP contribution in [-0.4, -0.2) is 53.9 Å². The zero-order chi connectivity index (χ0) is 23.4. The van der Waals surface area contributed by atoms with Gasteiger partial charge in [0.05, 0.1) is 5.69 Å². The number of benzene rings is 2. The minimum absolute atomic E-state index is 0.0969. The minimum atomic E-state index is -0.472. The topological polar surface area (TPSA) is 92.4 Å². The number of amides is 2. The van der Waals surface area contributed by atoms with Crippen LogP contribution in [-0.2, 0) is 11.2 Å². The first-order valence-electron chi connectivity index (χ1n) is 11.2. The molecule has 2 N–H and O–H groups in total. The van der Waals surface area contributed by atoms with E-state index in [1.807, 2.05) is 54.2 Å². The van der Waals surface area contributed by atoms with Crippen LogP contribution in [0.4, 0.5) is 5.95 Å². The number of aromatic nitrogens is 2. The lowest BCUT2D eigenvalue weighted by Gasteiger charge is -2.20. The average molecular weight is 444 g/mol. The zero-order valence-corrected chi connectivity index (χ0v) is 19.1. The molecule has 7 nitrogen and oxygen atoms in total. The number of carbonyl (C=O) groups excluding carboxylic acids is 2.